The fourth-order valence-corrected chi connectivity index (χ4v) is 2.38. The Labute approximate surface area is 154 Å². The van der Waals surface area contributed by atoms with Crippen molar-refractivity contribution in [1.29, 1.82) is 0 Å². The lowest BCUT2D eigenvalue weighted by atomic mass is 10.2. The Morgan fingerprint density at radius 3 is 2.52 bits per heavy atom. The standard InChI is InChI=1S/C17H10ClF3N2O4/c18-11-3-6-14-22-12(7-15(24)23(14)8-11)9-26-16(25)10-1-4-13(5-2-10)27-17(19,20)21/h1-8H,9H2. The van der Waals surface area contributed by atoms with Crippen molar-refractivity contribution in [2.75, 3.05) is 0 Å². The van der Waals surface area contributed by atoms with Crippen molar-refractivity contribution in [2.45, 2.75) is 13.0 Å². The Morgan fingerprint density at radius 1 is 1.15 bits per heavy atom. The van der Waals surface area contributed by atoms with Gasteiger partial charge in [0.25, 0.3) is 5.56 Å². The fourth-order valence-electron chi connectivity index (χ4n) is 2.22. The Bertz CT molecular complexity index is 1050. The van der Waals surface area contributed by atoms with Crippen molar-refractivity contribution in [3.63, 3.8) is 0 Å². The Balaban J connectivity index is 1.69. The van der Waals surface area contributed by atoms with Crippen LogP contribution in [0.1, 0.15) is 16.1 Å². The summed E-state index contributed by atoms with van der Waals surface area (Å²) in [6.45, 7) is -0.284. The molecule has 0 aliphatic rings. The first-order valence-electron chi connectivity index (χ1n) is 7.42. The van der Waals surface area contributed by atoms with Crippen molar-refractivity contribution >= 4 is 23.2 Å². The van der Waals surface area contributed by atoms with E-state index in [0.29, 0.717) is 10.7 Å². The topological polar surface area (TPSA) is 69.9 Å². The molecule has 0 fully saturated rings. The highest BCUT2D eigenvalue weighted by atomic mass is 35.5. The highest BCUT2D eigenvalue weighted by molar-refractivity contribution is 6.30. The molecule has 10 heteroatoms. The normalized spacial score (nSPS) is 11.4. The van der Waals surface area contributed by atoms with E-state index in [-0.39, 0.29) is 17.9 Å². The summed E-state index contributed by atoms with van der Waals surface area (Å²) < 4.78 is 46.4. The van der Waals surface area contributed by atoms with Crippen LogP contribution in [0.2, 0.25) is 5.02 Å². The molecule has 0 saturated heterocycles. The highest BCUT2D eigenvalue weighted by Crippen LogP contribution is 2.23. The van der Waals surface area contributed by atoms with Gasteiger partial charge < -0.3 is 9.47 Å². The molecule has 0 radical (unpaired) electrons. The number of carbonyl (C=O) groups excluding carboxylic acids is 1. The average Bonchev–Trinajstić information content (AvgIpc) is 2.59. The molecule has 2 heterocycles. The Morgan fingerprint density at radius 2 is 1.85 bits per heavy atom. The molecule has 1 aromatic carbocycles. The minimum atomic E-state index is -4.82. The minimum Gasteiger partial charge on any atom is -0.456 e. The molecule has 0 amide bonds. The molecule has 0 aliphatic carbocycles. The monoisotopic (exact) mass is 398 g/mol. The lowest BCUT2D eigenvalue weighted by molar-refractivity contribution is -0.274. The number of benzene rings is 1. The molecule has 3 rings (SSSR count). The molecule has 0 N–H and O–H groups in total. The van der Waals surface area contributed by atoms with Gasteiger partial charge in [-0.05, 0) is 36.4 Å². The molecule has 0 spiro atoms. The van der Waals surface area contributed by atoms with E-state index < -0.39 is 23.6 Å². The smallest absolute Gasteiger partial charge is 0.456 e. The minimum absolute atomic E-state index is 0.0221. The van der Waals surface area contributed by atoms with Gasteiger partial charge >= 0.3 is 12.3 Å². The zero-order chi connectivity index (χ0) is 19.6. The van der Waals surface area contributed by atoms with Gasteiger partial charge in [0.2, 0.25) is 0 Å². The third-order valence-corrected chi connectivity index (χ3v) is 3.57. The number of aromatic nitrogens is 2. The van der Waals surface area contributed by atoms with Crippen LogP contribution >= 0.6 is 11.6 Å². The Hall–Kier alpha value is -3.07. The van der Waals surface area contributed by atoms with E-state index in [2.05, 4.69) is 9.72 Å². The maximum atomic E-state index is 12.1. The molecule has 0 aliphatic heterocycles. The lowest BCUT2D eigenvalue weighted by Gasteiger charge is -2.09. The van der Waals surface area contributed by atoms with Crippen molar-refractivity contribution in [2.24, 2.45) is 0 Å². The van der Waals surface area contributed by atoms with E-state index in [1.54, 1.807) is 6.07 Å². The number of nitrogens with zero attached hydrogens (tertiary/aromatic N) is 2. The molecule has 0 atom stereocenters. The number of ether oxygens (including phenoxy) is 2. The SMILES string of the molecule is O=C(OCc1cc(=O)n2cc(Cl)ccc2n1)c1ccc(OC(F)(F)F)cc1. The molecule has 2 aromatic heterocycles. The Kier molecular flexibility index (Phi) is 5.04. The van der Waals surface area contributed by atoms with Crippen molar-refractivity contribution in [3.8, 4) is 5.75 Å². The van der Waals surface area contributed by atoms with Gasteiger partial charge in [0.1, 0.15) is 18.0 Å². The number of hydrogen-bond donors (Lipinski definition) is 0. The molecule has 3 aromatic rings. The quantitative estimate of drug-likeness (QED) is 0.628. The average molecular weight is 399 g/mol. The second-order valence-electron chi connectivity index (χ2n) is 5.31. The summed E-state index contributed by atoms with van der Waals surface area (Å²) in [5, 5.41) is 0.364. The van der Waals surface area contributed by atoms with Crippen molar-refractivity contribution in [1.82, 2.24) is 9.38 Å². The van der Waals surface area contributed by atoms with Gasteiger partial charge in [0.15, 0.2) is 0 Å². The number of rotatable bonds is 4. The number of carbonyl (C=O) groups is 1. The molecule has 140 valence electrons. The molecular weight excluding hydrogens is 389 g/mol. The van der Waals surface area contributed by atoms with Gasteiger partial charge in [0.05, 0.1) is 16.3 Å². The van der Waals surface area contributed by atoms with Crippen LogP contribution in [0.15, 0.2) is 53.5 Å². The fraction of sp³-hybridized carbons (Fsp3) is 0.118. The summed E-state index contributed by atoms with van der Waals surface area (Å²) in [5.41, 5.74) is 0.162. The molecule has 0 saturated carbocycles. The molecule has 6 nitrogen and oxygen atoms in total. The van der Waals surface area contributed by atoms with Crippen LogP contribution in [0.25, 0.3) is 5.65 Å². The first-order chi connectivity index (χ1) is 12.7. The number of alkyl halides is 3. The van der Waals surface area contributed by atoms with Gasteiger partial charge in [-0.15, -0.1) is 13.2 Å². The van der Waals surface area contributed by atoms with Crippen molar-refractivity contribution in [3.05, 3.63) is 75.3 Å². The second-order valence-corrected chi connectivity index (χ2v) is 5.75. The van der Waals surface area contributed by atoms with Crippen LogP contribution in [0.3, 0.4) is 0 Å². The van der Waals surface area contributed by atoms with Crippen LogP contribution < -0.4 is 10.3 Å². The summed E-state index contributed by atoms with van der Waals surface area (Å²) >= 11 is 5.82. The largest absolute Gasteiger partial charge is 0.573 e. The van der Waals surface area contributed by atoms with Crippen LogP contribution in [-0.2, 0) is 11.3 Å². The molecule has 27 heavy (non-hydrogen) atoms. The van der Waals surface area contributed by atoms with E-state index in [4.69, 9.17) is 16.3 Å². The van der Waals surface area contributed by atoms with Gasteiger partial charge in [-0.25, -0.2) is 9.78 Å². The van der Waals surface area contributed by atoms with Crippen molar-refractivity contribution < 1.29 is 27.4 Å². The summed E-state index contributed by atoms with van der Waals surface area (Å²) in [7, 11) is 0. The van der Waals surface area contributed by atoms with E-state index >= 15 is 0 Å². The molecule has 0 bridgehead atoms. The predicted octanol–water partition coefficient (Wildman–Crippen LogP) is 3.60. The number of fused-ring (bicyclic) bond motifs is 1. The zero-order valence-corrected chi connectivity index (χ0v) is 14.1. The summed E-state index contributed by atoms with van der Waals surface area (Å²) in [4.78, 5) is 28.2. The van der Waals surface area contributed by atoms with E-state index in [0.717, 1.165) is 24.3 Å². The van der Waals surface area contributed by atoms with Gasteiger partial charge in [0, 0.05) is 12.3 Å². The second kappa shape index (κ2) is 7.28. The molecule has 0 unspecified atom stereocenters. The van der Waals surface area contributed by atoms with Crippen LogP contribution in [0.4, 0.5) is 13.2 Å². The van der Waals surface area contributed by atoms with E-state index in [1.165, 1.54) is 22.7 Å². The number of hydrogen-bond acceptors (Lipinski definition) is 5. The van der Waals surface area contributed by atoms with Gasteiger partial charge in [-0.1, -0.05) is 11.6 Å². The summed E-state index contributed by atoms with van der Waals surface area (Å²) in [5.74, 6) is -1.24. The number of halogens is 4. The van der Waals surface area contributed by atoms with Gasteiger partial charge in [-0.2, -0.15) is 0 Å². The predicted molar refractivity (Wildman–Crippen MR) is 88.7 cm³/mol. The number of pyridine rings is 1. The third-order valence-electron chi connectivity index (χ3n) is 3.35. The first-order valence-corrected chi connectivity index (χ1v) is 7.80. The van der Waals surface area contributed by atoms with Crippen LogP contribution in [0, 0.1) is 0 Å². The van der Waals surface area contributed by atoms with E-state index in [1.807, 2.05) is 0 Å². The zero-order valence-electron chi connectivity index (χ0n) is 13.4. The van der Waals surface area contributed by atoms with Crippen LogP contribution in [0.5, 0.6) is 5.75 Å². The maximum absolute atomic E-state index is 12.1. The highest BCUT2D eigenvalue weighted by Gasteiger charge is 2.31. The first kappa shape index (κ1) is 18.7. The summed E-state index contributed by atoms with van der Waals surface area (Å²) in [6.07, 6.45) is -3.41. The lowest BCUT2D eigenvalue weighted by Crippen LogP contribution is -2.17. The number of esters is 1. The van der Waals surface area contributed by atoms with Crippen LogP contribution in [-0.4, -0.2) is 21.7 Å². The summed E-state index contributed by atoms with van der Waals surface area (Å²) in [6, 6.07) is 8.54. The molecular formula is C17H10ClF3N2O4. The maximum Gasteiger partial charge on any atom is 0.573 e. The third kappa shape index (κ3) is 4.76. The van der Waals surface area contributed by atoms with Gasteiger partial charge in [-0.3, -0.25) is 9.20 Å². The van der Waals surface area contributed by atoms with E-state index in [9.17, 15) is 22.8 Å².